The molecule has 0 saturated carbocycles. The van der Waals surface area contributed by atoms with E-state index >= 15 is 0 Å². The van der Waals surface area contributed by atoms with Crippen LogP contribution in [0.3, 0.4) is 0 Å². The van der Waals surface area contributed by atoms with Crippen LogP contribution in [0, 0.1) is 0 Å². The molecule has 10 aromatic rings. The summed E-state index contributed by atoms with van der Waals surface area (Å²) in [5.41, 5.74) is 13.8. The molecule has 4 heteroatoms. The summed E-state index contributed by atoms with van der Waals surface area (Å²) in [5.74, 6) is 1.54. The van der Waals surface area contributed by atoms with Crippen LogP contribution in [0.4, 0.5) is 0 Å². The second-order valence-electron chi connectivity index (χ2n) is 14.6. The lowest BCUT2D eigenvalue weighted by molar-refractivity contribution is 0.667. The van der Waals surface area contributed by atoms with Crippen molar-refractivity contribution in [2.24, 2.45) is 0 Å². The van der Waals surface area contributed by atoms with Gasteiger partial charge < -0.3 is 4.57 Å². The van der Waals surface area contributed by atoms with Crippen molar-refractivity contribution in [3.05, 3.63) is 181 Å². The topological polar surface area (TPSA) is 35.6 Å². The van der Waals surface area contributed by atoms with Crippen molar-refractivity contribution in [2.75, 3.05) is 0 Å². The van der Waals surface area contributed by atoms with Gasteiger partial charge in [-0.2, -0.15) is 0 Å². The molecule has 0 aliphatic heterocycles. The van der Waals surface area contributed by atoms with Crippen molar-refractivity contribution in [1.29, 1.82) is 0 Å². The third-order valence-corrected chi connectivity index (χ3v) is 11.3. The van der Waals surface area contributed by atoms with Crippen molar-refractivity contribution in [3.8, 4) is 45.3 Å². The van der Waals surface area contributed by atoms with Crippen molar-refractivity contribution in [1.82, 2.24) is 19.1 Å². The number of para-hydroxylation sites is 3. The standard InChI is InChI=1S/C49H34N4/c1-49(2)37-27-15-12-24-34(37)42-45(49)43-35-25-13-17-29-40(35)53(41-30-38(31-18-6-3-7-19-31)50-48(51-41)32-20-8-4-9-21-32)47(43)44-36-26-14-16-28-39(36)52(46(42)44)33-22-10-5-11-23-33/h3-30H,1-2H3. The van der Waals surface area contributed by atoms with Crippen LogP contribution in [0.2, 0.25) is 0 Å². The van der Waals surface area contributed by atoms with Gasteiger partial charge >= 0.3 is 0 Å². The summed E-state index contributed by atoms with van der Waals surface area (Å²) < 4.78 is 4.92. The molecule has 0 amide bonds. The highest BCUT2D eigenvalue weighted by atomic mass is 15.1. The van der Waals surface area contributed by atoms with Crippen LogP contribution >= 0.6 is 0 Å². The van der Waals surface area contributed by atoms with E-state index < -0.39 is 0 Å². The lowest BCUT2D eigenvalue weighted by Crippen LogP contribution is -2.15. The van der Waals surface area contributed by atoms with E-state index in [0.717, 1.165) is 33.8 Å². The molecular formula is C49H34N4. The van der Waals surface area contributed by atoms with Crippen LogP contribution in [0.25, 0.3) is 88.9 Å². The third-order valence-electron chi connectivity index (χ3n) is 11.3. The average Bonchev–Trinajstić information content (AvgIpc) is 3.82. The van der Waals surface area contributed by atoms with E-state index in [1.165, 1.54) is 60.3 Å². The molecule has 1 aliphatic carbocycles. The molecule has 11 rings (SSSR count). The maximum atomic E-state index is 5.44. The lowest BCUT2D eigenvalue weighted by atomic mass is 9.80. The van der Waals surface area contributed by atoms with Crippen molar-refractivity contribution >= 4 is 43.6 Å². The normalized spacial score (nSPS) is 13.2. The van der Waals surface area contributed by atoms with E-state index in [-0.39, 0.29) is 5.41 Å². The summed E-state index contributed by atoms with van der Waals surface area (Å²) in [6.45, 7) is 4.80. The minimum atomic E-state index is -0.263. The molecule has 0 atom stereocenters. The minimum absolute atomic E-state index is 0.263. The molecule has 0 saturated heterocycles. The number of fused-ring (bicyclic) bond motifs is 12. The Morgan fingerprint density at radius 1 is 0.491 bits per heavy atom. The van der Waals surface area contributed by atoms with Gasteiger partial charge in [0.2, 0.25) is 0 Å². The summed E-state index contributed by atoms with van der Waals surface area (Å²) >= 11 is 0. The molecule has 3 heterocycles. The second kappa shape index (κ2) is 11.1. The summed E-state index contributed by atoms with van der Waals surface area (Å²) in [4.78, 5) is 10.6. The number of benzene rings is 7. The smallest absolute Gasteiger partial charge is 0.162 e. The Morgan fingerprint density at radius 2 is 1.06 bits per heavy atom. The van der Waals surface area contributed by atoms with E-state index in [9.17, 15) is 0 Å². The third kappa shape index (κ3) is 4.18. The molecule has 4 nitrogen and oxygen atoms in total. The zero-order valence-electron chi connectivity index (χ0n) is 29.5. The van der Waals surface area contributed by atoms with Crippen LogP contribution in [-0.4, -0.2) is 19.1 Å². The Morgan fingerprint density at radius 3 is 1.77 bits per heavy atom. The highest BCUT2D eigenvalue weighted by Gasteiger charge is 2.41. The lowest BCUT2D eigenvalue weighted by Gasteiger charge is -2.23. The summed E-state index contributed by atoms with van der Waals surface area (Å²) in [6, 6.07) is 60.6. The largest absolute Gasteiger partial charge is 0.309 e. The molecule has 7 aromatic carbocycles. The molecular weight excluding hydrogens is 645 g/mol. The van der Waals surface area contributed by atoms with E-state index in [1.54, 1.807) is 0 Å². The van der Waals surface area contributed by atoms with Crippen LogP contribution in [0.1, 0.15) is 25.0 Å². The number of nitrogens with zero attached hydrogens (tertiary/aromatic N) is 4. The minimum Gasteiger partial charge on any atom is -0.309 e. The van der Waals surface area contributed by atoms with Crippen LogP contribution < -0.4 is 0 Å². The first-order valence-corrected chi connectivity index (χ1v) is 18.3. The Balaban J connectivity index is 1.41. The fraction of sp³-hybridized carbons (Fsp3) is 0.0612. The number of rotatable bonds is 4. The zero-order valence-corrected chi connectivity index (χ0v) is 29.5. The summed E-state index contributed by atoms with van der Waals surface area (Å²) in [5, 5.41) is 4.94. The molecule has 0 spiro atoms. The first kappa shape index (κ1) is 29.9. The Labute approximate surface area is 307 Å². The van der Waals surface area contributed by atoms with Crippen molar-refractivity contribution in [2.45, 2.75) is 19.3 Å². The van der Waals surface area contributed by atoms with Crippen molar-refractivity contribution < 1.29 is 0 Å². The summed E-state index contributed by atoms with van der Waals surface area (Å²) in [6.07, 6.45) is 0. The Kier molecular flexibility index (Phi) is 6.27. The maximum absolute atomic E-state index is 5.44. The van der Waals surface area contributed by atoms with Gasteiger partial charge in [0.15, 0.2) is 5.82 Å². The predicted molar refractivity (Wildman–Crippen MR) is 219 cm³/mol. The zero-order chi connectivity index (χ0) is 35.3. The fourth-order valence-corrected chi connectivity index (χ4v) is 9.06. The molecule has 0 fully saturated rings. The molecule has 3 aromatic heterocycles. The molecule has 0 bridgehead atoms. The molecule has 0 N–H and O–H groups in total. The highest BCUT2D eigenvalue weighted by molar-refractivity contribution is 6.31. The van der Waals surface area contributed by atoms with Crippen LogP contribution in [-0.2, 0) is 5.41 Å². The van der Waals surface area contributed by atoms with Crippen molar-refractivity contribution in [3.63, 3.8) is 0 Å². The second-order valence-corrected chi connectivity index (χ2v) is 14.6. The Hall–Kier alpha value is -6.78. The van der Waals surface area contributed by atoms with Crippen LogP contribution in [0.15, 0.2) is 170 Å². The molecule has 53 heavy (non-hydrogen) atoms. The van der Waals surface area contributed by atoms with E-state index in [0.29, 0.717) is 5.82 Å². The molecule has 0 radical (unpaired) electrons. The predicted octanol–water partition coefficient (Wildman–Crippen LogP) is 12.3. The van der Waals surface area contributed by atoms with Gasteiger partial charge in [0, 0.05) is 55.4 Å². The van der Waals surface area contributed by atoms with Gasteiger partial charge in [0.25, 0.3) is 0 Å². The summed E-state index contributed by atoms with van der Waals surface area (Å²) in [7, 11) is 0. The molecule has 250 valence electrons. The van der Waals surface area contributed by atoms with E-state index in [1.807, 2.05) is 6.07 Å². The van der Waals surface area contributed by atoms with Gasteiger partial charge in [0.1, 0.15) is 5.82 Å². The number of aromatic nitrogens is 4. The SMILES string of the molecule is CC1(C)c2ccccc2-c2c1c1c3ccccc3n(-c3cc(-c4ccccc4)nc(-c4ccccc4)n3)c1c1c3ccccc3n(-c3ccccc3)c21. The number of hydrogen-bond acceptors (Lipinski definition) is 2. The van der Waals surface area contributed by atoms with E-state index in [4.69, 9.17) is 9.97 Å². The highest BCUT2D eigenvalue weighted by Crippen LogP contribution is 2.58. The number of hydrogen-bond donors (Lipinski definition) is 0. The van der Waals surface area contributed by atoms with Gasteiger partial charge in [0.05, 0.1) is 27.8 Å². The monoisotopic (exact) mass is 678 g/mol. The van der Waals surface area contributed by atoms with Gasteiger partial charge in [-0.15, -0.1) is 0 Å². The first-order valence-electron chi connectivity index (χ1n) is 18.3. The Bertz CT molecular complexity index is 3000. The van der Waals surface area contributed by atoms with Gasteiger partial charge in [-0.3, -0.25) is 4.57 Å². The quantitative estimate of drug-likeness (QED) is 0.186. The van der Waals surface area contributed by atoms with Crippen LogP contribution in [0.5, 0.6) is 0 Å². The average molecular weight is 679 g/mol. The van der Waals surface area contributed by atoms with Gasteiger partial charge in [-0.25, -0.2) is 9.97 Å². The van der Waals surface area contributed by atoms with E-state index in [2.05, 4.69) is 187 Å². The molecule has 1 aliphatic rings. The fourth-order valence-electron chi connectivity index (χ4n) is 9.06. The van der Waals surface area contributed by atoms with Gasteiger partial charge in [-0.05, 0) is 41.0 Å². The molecule has 0 unspecified atom stereocenters. The van der Waals surface area contributed by atoms with Gasteiger partial charge in [-0.1, -0.05) is 153 Å². The maximum Gasteiger partial charge on any atom is 0.162 e. The first-order chi connectivity index (χ1) is 26.1.